The Balaban J connectivity index is 2.67. The van der Waals surface area contributed by atoms with Crippen LogP contribution in [-0.2, 0) is 0 Å². The van der Waals surface area contributed by atoms with Gasteiger partial charge in [0, 0.05) is 5.39 Å². The first kappa shape index (κ1) is 7.72. The Labute approximate surface area is 73.0 Å². The van der Waals surface area contributed by atoms with Crippen molar-refractivity contribution in [1.29, 1.82) is 0 Å². The number of carboxylic acids is 1. The van der Waals surface area contributed by atoms with Gasteiger partial charge in [-0.2, -0.15) is 0 Å². The largest absolute Gasteiger partial charge is 0.476 e. The minimum Gasteiger partial charge on any atom is -0.476 e. The summed E-state index contributed by atoms with van der Waals surface area (Å²) < 4.78 is 5.14. The van der Waals surface area contributed by atoms with Crippen LogP contribution in [0.25, 0.3) is 11.1 Å². The number of nitrogens with zero attached hydrogens (tertiary/aromatic N) is 2. The van der Waals surface area contributed by atoms with E-state index in [0.717, 1.165) is 0 Å². The molecule has 0 unspecified atom stereocenters. The third kappa shape index (κ3) is 1.24. The molecule has 0 saturated heterocycles. The van der Waals surface area contributed by atoms with Crippen LogP contribution in [0.3, 0.4) is 0 Å². The number of hydrogen-bond acceptors (Lipinski definition) is 4. The van der Waals surface area contributed by atoms with Gasteiger partial charge in [-0.3, -0.25) is 0 Å². The first-order valence-electron chi connectivity index (χ1n) is 3.64. The molecule has 13 heavy (non-hydrogen) atoms. The van der Waals surface area contributed by atoms with Crippen LogP contribution in [0.2, 0.25) is 0 Å². The van der Waals surface area contributed by atoms with Crippen molar-refractivity contribution in [2.24, 2.45) is 0 Å². The highest BCUT2D eigenvalue weighted by Gasteiger charge is 2.08. The molecule has 0 aliphatic rings. The van der Waals surface area contributed by atoms with Gasteiger partial charge in [-0.1, -0.05) is 0 Å². The summed E-state index contributed by atoms with van der Waals surface area (Å²) in [5.41, 5.74) is 0.288. The molecule has 2 heterocycles. The number of fused-ring (bicyclic) bond motifs is 1. The molecule has 0 saturated carbocycles. The maximum Gasteiger partial charge on any atom is 0.356 e. The van der Waals surface area contributed by atoms with Crippen molar-refractivity contribution in [2.75, 3.05) is 0 Å². The van der Waals surface area contributed by atoms with Gasteiger partial charge in [0.05, 0.1) is 0 Å². The Bertz CT molecular complexity index is 475. The summed E-state index contributed by atoms with van der Waals surface area (Å²) in [7, 11) is 0. The predicted molar refractivity (Wildman–Crippen MR) is 43.5 cm³/mol. The molecule has 2 rings (SSSR count). The fourth-order valence-corrected chi connectivity index (χ4v) is 1.08. The zero-order valence-corrected chi connectivity index (χ0v) is 6.81. The first-order valence-corrected chi connectivity index (χ1v) is 3.64. The number of rotatable bonds is 1. The summed E-state index contributed by atoms with van der Waals surface area (Å²) in [6, 6.07) is 3.15. The molecule has 0 spiro atoms. The van der Waals surface area contributed by atoms with E-state index < -0.39 is 5.97 Å². The molecule has 0 aliphatic carbocycles. The lowest BCUT2D eigenvalue weighted by Gasteiger charge is -1.89. The van der Waals surface area contributed by atoms with Crippen molar-refractivity contribution < 1.29 is 14.3 Å². The Hall–Kier alpha value is -1.91. The van der Waals surface area contributed by atoms with Crippen LogP contribution in [0.5, 0.6) is 0 Å². The molecule has 0 aromatic carbocycles. The van der Waals surface area contributed by atoms with E-state index >= 15 is 0 Å². The lowest BCUT2D eigenvalue weighted by molar-refractivity contribution is 0.0689. The van der Waals surface area contributed by atoms with Gasteiger partial charge in [0.25, 0.3) is 0 Å². The highest BCUT2D eigenvalue weighted by molar-refractivity contribution is 5.89. The van der Waals surface area contributed by atoms with Gasteiger partial charge in [-0.25, -0.2) is 4.79 Å². The molecule has 2 aromatic heterocycles. The third-order valence-corrected chi connectivity index (χ3v) is 1.62. The molecule has 5 nitrogen and oxygen atoms in total. The number of aromatic carboxylic acids is 1. The Morgan fingerprint density at radius 2 is 2.23 bits per heavy atom. The lowest BCUT2D eigenvalue weighted by atomic mass is 10.3. The van der Waals surface area contributed by atoms with Crippen molar-refractivity contribution >= 4 is 17.1 Å². The first-order chi connectivity index (χ1) is 6.16. The van der Waals surface area contributed by atoms with E-state index in [1.807, 2.05) is 0 Å². The second kappa shape index (κ2) is 2.55. The molecular formula is C8H6N2O3. The average Bonchev–Trinajstić information content (AvgIpc) is 2.42. The van der Waals surface area contributed by atoms with Gasteiger partial charge >= 0.3 is 5.97 Å². The fraction of sp³-hybridized carbons (Fsp3) is 0.125. The highest BCUT2D eigenvalue weighted by Crippen LogP contribution is 2.15. The highest BCUT2D eigenvalue weighted by atomic mass is 16.4. The number of aromatic nitrogens is 2. The van der Waals surface area contributed by atoms with Crippen LogP contribution in [0.4, 0.5) is 0 Å². The fourth-order valence-electron chi connectivity index (χ4n) is 1.08. The van der Waals surface area contributed by atoms with E-state index in [4.69, 9.17) is 9.52 Å². The molecule has 1 N–H and O–H groups in total. The summed E-state index contributed by atoms with van der Waals surface area (Å²) in [5, 5.41) is 16.4. The topological polar surface area (TPSA) is 76.2 Å². The molecule has 0 radical (unpaired) electrons. The monoisotopic (exact) mass is 178 g/mol. The van der Waals surface area contributed by atoms with E-state index in [1.165, 1.54) is 6.07 Å². The van der Waals surface area contributed by atoms with Gasteiger partial charge in [0.2, 0.25) is 5.71 Å². The van der Waals surface area contributed by atoms with Crippen molar-refractivity contribution in [3.8, 4) is 0 Å². The van der Waals surface area contributed by atoms with Gasteiger partial charge in [0.15, 0.2) is 5.69 Å². The summed E-state index contributed by atoms with van der Waals surface area (Å²) >= 11 is 0. The standard InChI is InChI=1S/C8H6N2O3/c1-4-2-5-3-6(8(11)12)9-10-7(5)13-4/h2-3H,1H3,(H,11,12). The second-order valence-electron chi connectivity index (χ2n) is 2.65. The zero-order chi connectivity index (χ0) is 9.42. The minimum atomic E-state index is -1.09. The maximum absolute atomic E-state index is 10.5. The molecule has 0 amide bonds. The molecule has 2 aromatic rings. The Kier molecular flexibility index (Phi) is 1.51. The van der Waals surface area contributed by atoms with Crippen molar-refractivity contribution in [2.45, 2.75) is 6.92 Å². The summed E-state index contributed by atoms with van der Waals surface area (Å²) in [6.07, 6.45) is 0. The van der Waals surface area contributed by atoms with Crippen LogP contribution in [0.15, 0.2) is 16.5 Å². The number of carboxylic acid groups (broad SMARTS) is 1. The summed E-state index contributed by atoms with van der Waals surface area (Å²) in [5.74, 6) is -0.403. The normalized spacial score (nSPS) is 10.5. The molecule has 0 aliphatic heterocycles. The van der Waals surface area contributed by atoms with Gasteiger partial charge in [0.1, 0.15) is 5.76 Å². The van der Waals surface area contributed by atoms with E-state index in [-0.39, 0.29) is 5.69 Å². The lowest BCUT2D eigenvalue weighted by Crippen LogP contribution is -2.00. The van der Waals surface area contributed by atoms with Crippen LogP contribution < -0.4 is 0 Å². The van der Waals surface area contributed by atoms with Gasteiger partial charge < -0.3 is 9.52 Å². The van der Waals surface area contributed by atoms with Gasteiger partial charge in [-0.15, -0.1) is 10.2 Å². The van der Waals surface area contributed by atoms with Gasteiger partial charge in [-0.05, 0) is 19.1 Å². The SMILES string of the molecule is Cc1cc2cc(C(=O)O)nnc2o1. The third-order valence-electron chi connectivity index (χ3n) is 1.62. The van der Waals surface area contributed by atoms with E-state index in [1.54, 1.807) is 13.0 Å². The predicted octanol–water partition coefficient (Wildman–Crippen LogP) is 1.23. The van der Waals surface area contributed by atoms with Crippen molar-refractivity contribution in [3.05, 3.63) is 23.6 Å². The van der Waals surface area contributed by atoms with Crippen LogP contribution in [0, 0.1) is 6.92 Å². The van der Waals surface area contributed by atoms with E-state index in [0.29, 0.717) is 16.9 Å². The number of hydrogen-bond donors (Lipinski definition) is 1. The zero-order valence-electron chi connectivity index (χ0n) is 6.81. The summed E-state index contributed by atoms with van der Waals surface area (Å²) in [6.45, 7) is 1.77. The van der Waals surface area contributed by atoms with Crippen LogP contribution >= 0.6 is 0 Å². The van der Waals surface area contributed by atoms with Crippen molar-refractivity contribution in [3.63, 3.8) is 0 Å². The average molecular weight is 178 g/mol. The smallest absolute Gasteiger partial charge is 0.356 e. The second-order valence-corrected chi connectivity index (χ2v) is 2.65. The Morgan fingerprint density at radius 1 is 1.46 bits per heavy atom. The molecule has 66 valence electrons. The summed E-state index contributed by atoms with van der Waals surface area (Å²) in [4.78, 5) is 10.5. The number of aryl methyl sites for hydroxylation is 1. The van der Waals surface area contributed by atoms with E-state index in [2.05, 4.69) is 10.2 Å². The van der Waals surface area contributed by atoms with E-state index in [9.17, 15) is 4.79 Å². The molecular weight excluding hydrogens is 172 g/mol. The molecule has 5 heteroatoms. The van der Waals surface area contributed by atoms with Crippen LogP contribution in [0.1, 0.15) is 16.2 Å². The molecule has 0 fully saturated rings. The quantitative estimate of drug-likeness (QED) is 0.710. The Morgan fingerprint density at radius 3 is 2.92 bits per heavy atom. The minimum absolute atomic E-state index is 0.0756. The maximum atomic E-state index is 10.5. The number of carbonyl (C=O) groups is 1. The van der Waals surface area contributed by atoms with Crippen LogP contribution in [-0.4, -0.2) is 21.3 Å². The molecule has 0 bridgehead atoms. The van der Waals surface area contributed by atoms with Crippen molar-refractivity contribution in [1.82, 2.24) is 10.2 Å². The number of furan rings is 1. The molecule has 0 atom stereocenters.